The molecule has 2 spiro atoms. The summed E-state index contributed by atoms with van der Waals surface area (Å²) in [6, 6.07) is 4.62. The van der Waals surface area contributed by atoms with Crippen molar-refractivity contribution in [1.82, 2.24) is 4.90 Å². The number of fused-ring (bicyclic) bond motifs is 1. The molecule has 1 aromatic rings. The lowest BCUT2D eigenvalue weighted by Crippen LogP contribution is -2.79. The zero-order chi connectivity index (χ0) is 19.5. The molecule has 0 aromatic heterocycles. The largest absolute Gasteiger partial charge is 0.493 e. The van der Waals surface area contributed by atoms with Crippen LogP contribution in [0.25, 0.3) is 0 Å². The van der Waals surface area contributed by atoms with Crippen LogP contribution in [0.3, 0.4) is 0 Å². The van der Waals surface area contributed by atoms with E-state index in [9.17, 15) is 4.79 Å². The van der Waals surface area contributed by atoms with E-state index in [1.165, 1.54) is 11.1 Å². The third kappa shape index (κ3) is 1.49. The summed E-state index contributed by atoms with van der Waals surface area (Å²) in [5, 5.41) is 0. The van der Waals surface area contributed by atoms with Crippen molar-refractivity contribution in [3.8, 4) is 11.5 Å². The third-order valence-electron chi connectivity index (χ3n) is 8.77. The van der Waals surface area contributed by atoms with Crippen molar-refractivity contribution in [2.75, 3.05) is 27.8 Å². The Morgan fingerprint density at radius 3 is 2.82 bits per heavy atom. The summed E-state index contributed by atoms with van der Waals surface area (Å²) in [5.74, 6) is 1.68. The number of likely N-dealkylation sites (N-methyl/N-ethyl adjacent to an activating group) is 1. The van der Waals surface area contributed by atoms with Gasteiger partial charge in [-0.05, 0) is 51.4 Å². The van der Waals surface area contributed by atoms with Gasteiger partial charge in [-0.2, -0.15) is 0 Å². The van der Waals surface area contributed by atoms with E-state index in [-0.39, 0.29) is 28.6 Å². The molecule has 1 aromatic carbocycles. The molecule has 2 fully saturated rings. The van der Waals surface area contributed by atoms with E-state index in [0.29, 0.717) is 6.04 Å². The number of hydrogen-bond acceptors (Lipinski definition) is 5. The molecule has 148 valence electrons. The van der Waals surface area contributed by atoms with E-state index in [0.717, 1.165) is 37.3 Å². The van der Waals surface area contributed by atoms with Crippen molar-refractivity contribution in [3.63, 3.8) is 0 Å². The second-order valence-electron chi connectivity index (χ2n) is 9.35. The van der Waals surface area contributed by atoms with Gasteiger partial charge in [0.1, 0.15) is 17.5 Å². The maximum atomic E-state index is 12.8. The van der Waals surface area contributed by atoms with Crippen LogP contribution in [0.1, 0.15) is 30.9 Å². The molecule has 28 heavy (non-hydrogen) atoms. The number of ketones is 1. The van der Waals surface area contributed by atoms with Gasteiger partial charge in [0.25, 0.3) is 0 Å². The molecule has 4 aliphatic carbocycles. The van der Waals surface area contributed by atoms with Gasteiger partial charge in [-0.3, -0.25) is 4.79 Å². The Kier molecular flexibility index (Phi) is 3.05. The monoisotopic (exact) mass is 381 g/mol. The summed E-state index contributed by atoms with van der Waals surface area (Å²) in [7, 11) is 5.67. The van der Waals surface area contributed by atoms with Crippen LogP contribution in [0.5, 0.6) is 11.5 Å². The number of benzene rings is 1. The fraction of sp³-hybridized carbons (Fsp3) is 0.609. The normalized spacial score (nSPS) is 44.2. The first-order valence-corrected chi connectivity index (χ1v) is 10.3. The first-order chi connectivity index (χ1) is 13.4. The number of carbonyl (C=O) groups is 1. The highest BCUT2D eigenvalue weighted by Gasteiger charge is 2.79. The fourth-order valence-corrected chi connectivity index (χ4v) is 7.67. The van der Waals surface area contributed by atoms with E-state index in [1.807, 2.05) is 6.07 Å². The Balaban J connectivity index is 1.72. The molecule has 7 rings (SSSR count). The lowest BCUT2D eigenvalue weighted by Gasteiger charge is -2.70. The molecule has 0 N–H and O–H groups in total. The van der Waals surface area contributed by atoms with Crippen LogP contribution in [0, 0.1) is 11.3 Å². The van der Waals surface area contributed by atoms with Gasteiger partial charge in [0, 0.05) is 24.1 Å². The molecule has 6 aliphatic rings. The molecule has 6 atom stereocenters. The van der Waals surface area contributed by atoms with E-state index in [2.05, 4.69) is 30.2 Å². The molecule has 0 radical (unpaired) electrons. The van der Waals surface area contributed by atoms with Crippen molar-refractivity contribution in [2.24, 2.45) is 11.3 Å². The minimum atomic E-state index is -0.716. The number of likely N-dealkylation sites (tertiary alicyclic amines) is 1. The Morgan fingerprint density at radius 1 is 1.29 bits per heavy atom. The topological polar surface area (TPSA) is 48.0 Å². The Bertz CT molecular complexity index is 941. The van der Waals surface area contributed by atoms with Gasteiger partial charge in [0.15, 0.2) is 11.5 Å². The minimum Gasteiger partial charge on any atom is -0.493 e. The van der Waals surface area contributed by atoms with Crippen LogP contribution in [0.2, 0.25) is 0 Å². The standard InChI is InChI=1S/C23H27NO4/c1-13(25)15-12-21-7-8-23(15,27-4)20-22(21)9-10-24(2)17(21)11-14-5-6-16(26-3)19(28-20)18(14)22/h5-8,15,17,20H,9-12H2,1-4H3/t15-,17-,20+,21-,22+,23-/m1/s1. The second kappa shape index (κ2) is 5.00. The summed E-state index contributed by atoms with van der Waals surface area (Å²) in [6.45, 7) is 2.74. The highest BCUT2D eigenvalue weighted by Crippen LogP contribution is 2.74. The Labute approximate surface area is 165 Å². The van der Waals surface area contributed by atoms with Crippen LogP contribution in [-0.4, -0.2) is 56.2 Å². The van der Waals surface area contributed by atoms with Gasteiger partial charge in [-0.1, -0.05) is 18.2 Å². The van der Waals surface area contributed by atoms with Gasteiger partial charge in [0.2, 0.25) is 0 Å². The number of Topliss-reactive ketones (excluding diaryl/α,β-unsaturated/α-hetero) is 1. The van der Waals surface area contributed by atoms with E-state index >= 15 is 0 Å². The number of methoxy groups -OCH3 is 2. The van der Waals surface area contributed by atoms with E-state index in [4.69, 9.17) is 14.2 Å². The summed E-state index contributed by atoms with van der Waals surface area (Å²) in [6.07, 6.45) is 7.19. The molecule has 0 unspecified atom stereocenters. The molecule has 5 heteroatoms. The summed E-state index contributed by atoms with van der Waals surface area (Å²) >= 11 is 0. The molecule has 2 heterocycles. The number of nitrogens with zero attached hydrogens (tertiary/aromatic N) is 1. The summed E-state index contributed by atoms with van der Waals surface area (Å²) < 4.78 is 18.7. The minimum absolute atomic E-state index is 0.105. The lowest BCUT2D eigenvalue weighted by molar-refractivity contribution is -0.212. The van der Waals surface area contributed by atoms with Crippen LogP contribution in [0.4, 0.5) is 0 Å². The van der Waals surface area contributed by atoms with Gasteiger partial charge >= 0.3 is 0 Å². The zero-order valence-corrected chi connectivity index (χ0v) is 17.0. The van der Waals surface area contributed by atoms with Crippen molar-refractivity contribution in [3.05, 3.63) is 35.4 Å². The average molecular weight is 381 g/mol. The van der Waals surface area contributed by atoms with Gasteiger partial charge in [-0.25, -0.2) is 0 Å². The molecular formula is C23H27NO4. The second-order valence-corrected chi connectivity index (χ2v) is 9.35. The predicted molar refractivity (Wildman–Crippen MR) is 104 cm³/mol. The molecule has 5 nitrogen and oxygen atoms in total. The smallest absolute Gasteiger partial charge is 0.166 e. The molecule has 4 bridgehead atoms. The zero-order valence-electron chi connectivity index (χ0n) is 17.0. The van der Waals surface area contributed by atoms with Crippen LogP contribution < -0.4 is 9.47 Å². The highest BCUT2D eigenvalue weighted by atomic mass is 16.6. The molecular weight excluding hydrogens is 354 g/mol. The number of carbonyl (C=O) groups excluding carboxylic acids is 1. The van der Waals surface area contributed by atoms with E-state index < -0.39 is 5.60 Å². The average Bonchev–Trinajstić information content (AvgIpc) is 3.07. The van der Waals surface area contributed by atoms with Gasteiger partial charge in [-0.15, -0.1) is 0 Å². The van der Waals surface area contributed by atoms with Crippen LogP contribution in [0.15, 0.2) is 24.3 Å². The SMILES string of the molecule is COc1ccc2c3c1O[C@@H]1[C@@]4(OC)C=C[C@@]5(C[C@@H]4C(C)=O)[C@@H](C2)N(C)CC[C@]315. The van der Waals surface area contributed by atoms with Crippen molar-refractivity contribution in [2.45, 2.75) is 49.3 Å². The van der Waals surface area contributed by atoms with Crippen molar-refractivity contribution >= 4 is 5.78 Å². The number of rotatable bonds is 3. The first-order valence-electron chi connectivity index (χ1n) is 10.3. The maximum absolute atomic E-state index is 12.8. The van der Waals surface area contributed by atoms with Crippen molar-refractivity contribution in [1.29, 1.82) is 0 Å². The fourth-order valence-electron chi connectivity index (χ4n) is 7.67. The van der Waals surface area contributed by atoms with Crippen LogP contribution in [-0.2, 0) is 21.4 Å². The molecule has 0 amide bonds. The third-order valence-corrected chi connectivity index (χ3v) is 8.77. The first kappa shape index (κ1) is 17.0. The summed E-state index contributed by atoms with van der Waals surface area (Å²) in [5.41, 5.74) is 1.72. The highest BCUT2D eigenvalue weighted by molar-refractivity contribution is 5.82. The van der Waals surface area contributed by atoms with E-state index in [1.54, 1.807) is 21.1 Å². The Morgan fingerprint density at radius 2 is 2.11 bits per heavy atom. The van der Waals surface area contributed by atoms with Crippen LogP contribution >= 0.6 is 0 Å². The quantitative estimate of drug-likeness (QED) is 0.753. The molecule has 1 saturated heterocycles. The Hall–Kier alpha value is -1.85. The lowest BCUT2D eigenvalue weighted by atomic mass is 9.37. The van der Waals surface area contributed by atoms with Crippen molar-refractivity contribution < 1.29 is 19.0 Å². The van der Waals surface area contributed by atoms with Gasteiger partial charge < -0.3 is 19.1 Å². The summed E-state index contributed by atoms with van der Waals surface area (Å²) in [4.78, 5) is 15.3. The molecule has 2 aliphatic heterocycles. The number of ether oxygens (including phenoxy) is 3. The maximum Gasteiger partial charge on any atom is 0.166 e. The number of piperidine rings is 1. The number of hydrogen-bond donors (Lipinski definition) is 0. The predicted octanol–water partition coefficient (Wildman–Crippen LogP) is 2.50. The molecule has 1 saturated carbocycles. The van der Waals surface area contributed by atoms with Gasteiger partial charge in [0.05, 0.1) is 18.4 Å².